The number of nitrogens with zero attached hydrogens (tertiary/aromatic N) is 3. The van der Waals surface area contributed by atoms with Gasteiger partial charge in [-0.2, -0.15) is 5.10 Å². The average molecular weight is 282 g/mol. The molecule has 0 aliphatic heterocycles. The van der Waals surface area contributed by atoms with Crippen molar-refractivity contribution in [1.82, 2.24) is 10.2 Å². The van der Waals surface area contributed by atoms with Crippen LogP contribution < -0.4 is 10.6 Å². The summed E-state index contributed by atoms with van der Waals surface area (Å²) in [5.41, 5.74) is 8.69. The van der Waals surface area contributed by atoms with Gasteiger partial charge in [0.1, 0.15) is 4.99 Å². The topological polar surface area (TPSA) is 75.3 Å². The van der Waals surface area contributed by atoms with Crippen molar-refractivity contribution in [2.75, 3.05) is 24.6 Å². The number of hydrogen-bond acceptors (Lipinski definition) is 5. The molecule has 0 amide bonds. The van der Waals surface area contributed by atoms with Gasteiger partial charge < -0.3 is 15.7 Å². The molecule has 0 saturated heterocycles. The Morgan fingerprint density at radius 3 is 2.37 bits per heavy atom. The molecule has 0 bridgehead atoms. The second-order valence-electron chi connectivity index (χ2n) is 4.20. The summed E-state index contributed by atoms with van der Waals surface area (Å²) >= 11 is 5.18. The summed E-state index contributed by atoms with van der Waals surface area (Å²) in [7, 11) is 0. The molecule has 3 N–H and O–H groups in total. The average Bonchev–Trinajstić information content (AvgIpc) is 2.42. The first-order valence-corrected chi connectivity index (χ1v) is 7.05. The Bertz CT molecular complexity index is 451. The van der Waals surface area contributed by atoms with Gasteiger partial charge in [0.25, 0.3) is 0 Å². The van der Waals surface area contributed by atoms with E-state index >= 15 is 0 Å². The maximum Gasteiger partial charge on any atom is 0.161 e. The van der Waals surface area contributed by atoms with Crippen LogP contribution in [0, 0.1) is 0 Å². The van der Waals surface area contributed by atoms with E-state index in [1.165, 1.54) is 0 Å². The summed E-state index contributed by atoms with van der Waals surface area (Å²) in [5.74, 6) is 0.679. The van der Waals surface area contributed by atoms with Crippen molar-refractivity contribution < 1.29 is 5.11 Å². The first-order chi connectivity index (χ1) is 9.10. The highest BCUT2D eigenvalue weighted by Crippen LogP contribution is 2.23. The van der Waals surface area contributed by atoms with Crippen molar-refractivity contribution in [3.63, 3.8) is 0 Å². The van der Waals surface area contributed by atoms with Crippen LogP contribution in [0.15, 0.2) is 0 Å². The molecule has 0 atom stereocenters. The summed E-state index contributed by atoms with van der Waals surface area (Å²) < 4.78 is 0. The lowest BCUT2D eigenvalue weighted by molar-refractivity contribution is 0.302. The maximum absolute atomic E-state index is 9.13. The lowest BCUT2D eigenvalue weighted by atomic mass is 10.0. The predicted molar refractivity (Wildman–Crippen MR) is 81.6 cm³/mol. The molecular formula is C13H22N4OS. The second kappa shape index (κ2) is 7.35. The van der Waals surface area contributed by atoms with Gasteiger partial charge in [0.05, 0.1) is 17.9 Å². The van der Waals surface area contributed by atoms with Gasteiger partial charge in [-0.3, -0.25) is 0 Å². The van der Waals surface area contributed by atoms with Crippen LogP contribution in [-0.2, 0) is 12.8 Å². The molecule has 1 aromatic heterocycles. The number of aliphatic hydroxyl groups is 1. The van der Waals surface area contributed by atoms with Crippen molar-refractivity contribution in [2.45, 2.75) is 33.6 Å². The zero-order valence-electron chi connectivity index (χ0n) is 11.8. The van der Waals surface area contributed by atoms with Gasteiger partial charge >= 0.3 is 0 Å². The van der Waals surface area contributed by atoms with Crippen LogP contribution in [0.2, 0.25) is 0 Å². The highest BCUT2D eigenvalue weighted by Gasteiger charge is 2.20. The molecule has 0 saturated carbocycles. The number of nitrogens with two attached hydrogens (primary N) is 1. The number of hydrogen-bond donors (Lipinski definition) is 2. The summed E-state index contributed by atoms with van der Waals surface area (Å²) in [6, 6.07) is 0. The van der Waals surface area contributed by atoms with Crippen molar-refractivity contribution in [3.8, 4) is 0 Å². The third kappa shape index (κ3) is 3.39. The Kier molecular flexibility index (Phi) is 6.11. The highest BCUT2D eigenvalue weighted by atomic mass is 32.1. The SMILES string of the molecule is CCc1nnc(N(CC)CCO)c(C(N)=S)c1CC. The molecule has 0 fully saturated rings. The Labute approximate surface area is 119 Å². The molecule has 1 aromatic rings. The van der Waals surface area contributed by atoms with E-state index in [1.807, 2.05) is 18.7 Å². The summed E-state index contributed by atoms with van der Waals surface area (Å²) in [4.78, 5) is 2.29. The zero-order chi connectivity index (χ0) is 14.4. The van der Waals surface area contributed by atoms with Crippen LogP contribution in [0.5, 0.6) is 0 Å². The quantitative estimate of drug-likeness (QED) is 0.728. The van der Waals surface area contributed by atoms with Crippen molar-refractivity contribution >= 4 is 23.0 Å². The molecule has 19 heavy (non-hydrogen) atoms. The van der Waals surface area contributed by atoms with E-state index in [4.69, 9.17) is 23.1 Å². The molecule has 106 valence electrons. The van der Waals surface area contributed by atoms with Crippen LogP contribution in [-0.4, -0.2) is 40.0 Å². The fourth-order valence-corrected chi connectivity index (χ4v) is 2.39. The van der Waals surface area contributed by atoms with Crippen LogP contribution in [0.4, 0.5) is 5.82 Å². The molecule has 0 aromatic carbocycles. The minimum atomic E-state index is 0.0588. The molecule has 0 radical (unpaired) electrons. The second-order valence-corrected chi connectivity index (χ2v) is 4.64. The van der Waals surface area contributed by atoms with Gasteiger partial charge in [-0.1, -0.05) is 26.1 Å². The highest BCUT2D eigenvalue weighted by molar-refractivity contribution is 7.80. The van der Waals surface area contributed by atoms with E-state index in [0.717, 1.165) is 36.2 Å². The molecule has 1 heterocycles. The van der Waals surface area contributed by atoms with Crippen molar-refractivity contribution in [1.29, 1.82) is 0 Å². The molecule has 6 heteroatoms. The molecule has 0 aliphatic rings. The third-order valence-corrected chi connectivity index (χ3v) is 3.33. The minimum absolute atomic E-state index is 0.0588. The van der Waals surface area contributed by atoms with Crippen LogP contribution in [0.3, 0.4) is 0 Å². The standard InChI is InChI=1S/C13H22N4OS/c1-4-9-10(5-2)15-16-13(11(9)12(14)19)17(6-3)7-8-18/h18H,4-8H2,1-3H3,(H2,14,19). The molecule has 0 aliphatic carbocycles. The van der Waals surface area contributed by atoms with Gasteiger partial charge in [-0.25, -0.2) is 0 Å². The number of aryl methyl sites for hydroxylation is 1. The smallest absolute Gasteiger partial charge is 0.161 e. The number of anilines is 1. The van der Waals surface area contributed by atoms with Crippen LogP contribution in [0.25, 0.3) is 0 Å². The Balaban J connectivity index is 3.42. The maximum atomic E-state index is 9.13. The van der Waals surface area contributed by atoms with Crippen molar-refractivity contribution in [2.24, 2.45) is 5.73 Å². The van der Waals surface area contributed by atoms with Crippen molar-refractivity contribution in [3.05, 3.63) is 16.8 Å². The van der Waals surface area contributed by atoms with Gasteiger partial charge in [0.15, 0.2) is 5.82 Å². The molecule has 0 unspecified atom stereocenters. The Morgan fingerprint density at radius 1 is 1.26 bits per heavy atom. The Morgan fingerprint density at radius 2 is 1.95 bits per heavy atom. The lowest BCUT2D eigenvalue weighted by Gasteiger charge is -2.24. The number of likely N-dealkylation sites (N-methyl/N-ethyl adjacent to an activating group) is 1. The molecule has 5 nitrogen and oxygen atoms in total. The predicted octanol–water partition coefficient (Wildman–Crippen LogP) is 1.05. The number of aliphatic hydroxyl groups excluding tert-OH is 1. The van der Waals surface area contributed by atoms with E-state index in [0.29, 0.717) is 17.4 Å². The van der Waals surface area contributed by atoms with E-state index in [2.05, 4.69) is 17.1 Å². The monoisotopic (exact) mass is 282 g/mol. The van der Waals surface area contributed by atoms with E-state index < -0.39 is 0 Å². The number of aromatic nitrogens is 2. The molecule has 0 spiro atoms. The van der Waals surface area contributed by atoms with Crippen LogP contribution >= 0.6 is 12.2 Å². The summed E-state index contributed by atoms with van der Waals surface area (Å²) in [6.07, 6.45) is 1.62. The number of rotatable bonds is 7. The van der Waals surface area contributed by atoms with Gasteiger partial charge in [-0.05, 0) is 25.3 Å². The van der Waals surface area contributed by atoms with Gasteiger partial charge in [-0.15, -0.1) is 5.10 Å². The summed E-state index contributed by atoms with van der Waals surface area (Å²) in [5, 5.41) is 17.7. The fourth-order valence-electron chi connectivity index (χ4n) is 2.18. The first-order valence-electron chi connectivity index (χ1n) is 6.64. The van der Waals surface area contributed by atoms with Gasteiger partial charge in [0.2, 0.25) is 0 Å². The summed E-state index contributed by atoms with van der Waals surface area (Å²) in [6.45, 7) is 7.37. The fraction of sp³-hybridized carbons (Fsp3) is 0.615. The Hall–Kier alpha value is -1.27. The van der Waals surface area contributed by atoms with Gasteiger partial charge in [0, 0.05) is 13.1 Å². The largest absolute Gasteiger partial charge is 0.395 e. The van der Waals surface area contributed by atoms with E-state index in [9.17, 15) is 0 Å². The first kappa shape index (κ1) is 15.8. The number of thiocarbonyl (C=S) groups is 1. The lowest BCUT2D eigenvalue weighted by Crippen LogP contribution is -2.31. The molecular weight excluding hydrogens is 260 g/mol. The third-order valence-electron chi connectivity index (χ3n) is 3.13. The van der Waals surface area contributed by atoms with Crippen LogP contribution in [0.1, 0.15) is 37.6 Å². The van der Waals surface area contributed by atoms with E-state index in [1.54, 1.807) is 0 Å². The normalized spacial score (nSPS) is 10.5. The zero-order valence-corrected chi connectivity index (χ0v) is 12.6. The van der Waals surface area contributed by atoms with E-state index in [-0.39, 0.29) is 6.61 Å². The minimum Gasteiger partial charge on any atom is -0.395 e. The molecule has 1 rings (SSSR count).